The van der Waals surface area contributed by atoms with Crippen LogP contribution in [0.2, 0.25) is 0 Å². The molecule has 10 heavy (non-hydrogen) atoms. The normalized spacial score (nSPS) is 27.4. The fourth-order valence-corrected chi connectivity index (χ4v) is 1.20. The second-order valence-corrected chi connectivity index (χ2v) is 2.81. The lowest BCUT2D eigenvalue weighted by Crippen LogP contribution is -2.26. The number of hydroxylamine groups is 2. The zero-order valence-corrected chi connectivity index (χ0v) is 7.27. The van der Waals surface area contributed by atoms with Gasteiger partial charge in [-0.2, -0.15) is 0 Å². The van der Waals surface area contributed by atoms with Gasteiger partial charge >= 0.3 is 0 Å². The highest BCUT2D eigenvalue weighted by Gasteiger charge is 2.26. The van der Waals surface area contributed by atoms with Crippen LogP contribution in [0.3, 0.4) is 0 Å². The fraction of sp³-hybridized carbons (Fsp3) is 0.714. The molecule has 1 unspecified atom stereocenters. The molecule has 1 atom stereocenters. The quantitative estimate of drug-likeness (QED) is 0.584. The van der Waals surface area contributed by atoms with E-state index in [0.717, 1.165) is 17.3 Å². The van der Waals surface area contributed by atoms with E-state index < -0.39 is 0 Å². The number of nitrogens with zero attached hydrogens (tertiary/aromatic N) is 1. The van der Waals surface area contributed by atoms with Crippen LogP contribution in [-0.2, 0) is 4.84 Å². The van der Waals surface area contributed by atoms with Gasteiger partial charge in [-0.3, -0.25) is 0 Å². The summed E-state index contributed by atoms with van der Waals surface area (Å²) in [5, 5.41) is 2.68. The molecule has 0 aromatic heterocycles. The first-order valence-corrected chi connectivity index (χ1v) is 3.85. The molecule has 0 aromatic carbocycles. The summed E-state index contributed by atoms with van der Waals surface area (Å²) in [7, 11) is 0. The lowest BCUT2D eigenvalue weighted by atomic mass is 10.3. The highest BCUT2D eigenvalue weighted by molar-refractivity contribution is 6.30. The minimum Gasteiger partial charge on any atom is -0.409 e. The van der Waals surface area contributed by atoms with E-state index in [1.165, 1.54) is 0 Å². The molecule has 1 aliphatic rings. The topological polar surface area (TPSA) is 12.5 Å². The molecule has 0 aliphatic carbocycles. The van der Waals surface area contributed by atoms with Crippen LogP contribution >= 0.6 is 11.6 Å². The smallest absolute Gasteiger partial charge is 0.137 e. The van der Waals surface area contributed by atoms with Crippen molar-refractivity contribution in [1.82, 2.24) is 5.06 Å². The Labute approximate surface area is 66.4 Å². The summed E-state index contributed by atoms with van der Waals surface area (Å²) in [5.41, 5.74) is 0. The number of allylic oxidation sites excluding steroid dienone is 1. The van der Waals surface area contributed by atoms with Gasteiger partial charge in [-0.05, 0) is 20.8 Å². The first-order chi connectivity index (χ1) is 4.66. The van der Waals surface area contributed by atoms with Gasteiger partial charge in [-0.25, -0.2) is 0 Å². The molecule has 0 saturated heterocycles. The van der Waals surface area contributed by atoms with Crippen LogP contribution < -0.4 is 0 Å². The summed E-state index contributed by atoms with van der Waals surface area (Å²) in [5.74, 6) is 0.830. The standard InChI is InChI=1S/C7H12ClNO/c1-4-9-5(2)7(8)6(3)10-9/h5H,4H2,1-3H3. The number of likely N-dealkylation sites (N-methyl/N-ethyl adjacent to an activating group) is 1. The van der Waals surface area contributed by atoms with Gasteiger partial charge in [-0.15, -0.1) is 5.06 Å². The van der Waals surface area contributed by atoms with E-state index in [4.69, 9.17) is 16.4 Å². The van der Waals surface area contributed by atoms with Crippen LogP contribution in [0.1, 0.15) is 20.8 Å². The van der Waals surface area contributed by atoms with Gasteiger partial charge in [-0.1, -0.05) is 11.6 Å². The van der Waals surface area contributed by atoms with Gasteiger partial charge in [0.1, 0.15) is 5.76 Å². The Hall–Kier alpha value is -0.210. The molecule has 0 aromatic rings. The van der Waals surface area contributed by atoms with Crippen molar-refractivity contribution >= 4 is 11.6 Å². The van der Waals surface area contributed by atoms with E-state index in [-0.39, 0.29) is 6.04 Å². The minimum absolute atomic E-state index is 0.228. The number of hydrogen-bond acceptors (Lipinski definition) is 2. The van der Waals surface area contributed by atoms with E-state index in [0.29, 0.717) is 0 Å². The molecule has 1 aliphatic heterocycles. The van der Waals surface area contributed by atoms with Crippen molar-refractivity contribution in [3.63, 3.8) is 0 Å². The van der Waals surface area contributed by atoms with Crippen LogP contribution in [0.15, 0.2) is 10.8 Å². The molecular formula is C7H12ClNO. The highest BCUT2D eigenvalue weighted by Crippen LogP contribution is 2.27. The first-order valence-electron chi connectivity index (χ1n) is 3.47. The molecule has 1 rings (SSSR count). The third kappa shape index (κ3) is 1.13. The number of hydrogen-bond donors (Lipinski definition) is 0. The maximum atomic E-state index is 5.90. The maximum absolute atomic E-state index is 5.90. The van der Waals surface area contributed by atoms with Crippen molar-refractivity contribution in [2.24, 2.45) is 0 Å². The minimum atomic E-state index is 0.228. The van der Waals surface area contributed by atoms with Crippen molar-refractivity contribution in [2.75, 3.05) is 6.54 Å². The lowest BCUT2D eigenvalue weighted by Gasteiger charge is -2.17. The van der Waals surface area contributed by atoms with Crippen LogP contribution in [0.25, 0.3) is 0 Å². The van der Waals surface area contributed by atoms with Crippen molar-refractivity contribution in [2.45, 2.75) is 26.8 Å². The summed E-state index contributed by atoms with van der Waals surface area (Å²) in [6.45, 7) is 6.82. The zero-order chi connectivity index (χ0) is 7.72. The van der Waals surface area contributed by atoms with Gasteiger partial charge in [0, 0.05) is 6.54 Å². The third-order valence-corrected chi connectivity index (χ3v) is 2.28. The Kier molecular flexibility index (Phi) is 2.21. The fourth-order valence-electron chi connectivity index (χ4n) is 1.06. The Morgan fingerprint density at radius 3 is 2.50 bits per heavy atom. The van der Waals surface area contributed by atoms with Crippen molar-refractivity contribution in [1.29, 1.82) is 0 Å². The van der Waals surface area contributed by atoms with Gasteiger partial charge in [0.15, 0.2) is 0 Å². The summed E-state index contributed by atoms with van der Waals surface area (Å²) in [6, 6.07) is 0.228. The average molecular weight is 162 g/mol. The maximum Gasteiger partial charge on any atom is 0.137 e. The van der Waals surface area contributed by atoms with E-state index in [2.05, 4.69) is 0 Å². The second-order valence-electron chi connectivity index (χ2n) is 2.40. The van der Waals surface area contributed by atoms with E-state index in [1.807, 2.05) is 25.8 Å². The van der Waals surface area contributed by atoms with Crippen molar-refractivity contribution in [3.8, 4) is 0 Å². The molecule has 58 valence electrons. The average Bonchev–Trinajstić information content (AvgIpc) is 2.17. The van der Waals surface area contributed by atoms with Crippen LogP contribution in [0, 0.1) is 0 Å². The van der Waals surface area contributed by atoms with Crippen LogP contribution in [0.5, 0.6) is 0 Å². The predicted octanol–water partition coefficient (Wildman–Crippen LogP) is 2.11. The van der Waals surface area contributed by atoms with E-state index in [9.17, 15) is 0 Å². The summed E-state index contributed by atoms with van der Waals surface area (Å²) < 4.78 is 0. The molecule has 0 amide bonds. The molecule has 0 spiro atoms. The molecule has 2 nitrogen and oxygen atoms in total. The van der Waals surface area contributed by atoms with E-state index in [1.54, 1.807) is 0 Å². The second kappa shape index (κ2) is 2.81. The Balaban J connectivity index is 2.67. The summed E-state index contributed by atoms with van der Waals surface area (Å²) in [6.07, 6.45) is 0. The van der Waals surface area contributed by atoms with Gasteiger partial charge in [0.05, 0.1) is 11.1 Å². The summed E-state index contributed by atoms with van der Waals surface area (Å²) in [4.78, 5) is 5.32. The zero-order valence-electron chi connectivity index (χ0n) is 6.52. The Morgan fingerprint density at radius 1 is 1.70 bits per heavy atom. The Bertz CT molecular complexity index is 167. The highest BCUT2D eigenvalue weighted by atomic mass is 35.5. The molecule has 3 heteroatoms. The third-order valence-electron chi connectivity index (χ3n) is 1.70. The van der Waals surface area contributed by atoms with Crippen LogP contribution in [0.4, 0.5) is 0 Å². The molecule has 1 heterocycles. The summed E-state index contributed by atoms with van der Waals surface area (Å²) >= 11 is 5.90. The van der Waals surface area contributed by atoms with Crippen LogP contribution in [-0.4, -0.2) is 17.6 Å². The SMILES string of the molecule is CCN1OC(C)=C(Cl)C1C. The monoisotopic (exact) mass is 161 g/mol. The molecule has 0 saturated carbocycles. The molecule has 0 N–H and O–H groups in total. The van der Waals surface area contributed by atoms with E-state index >= 15 is 0 Å². The number of rotatable bonds is 1. The largest absolute Gasteiger partial charge is 0.409 e. The lowest BCUT2D eigenvalue weighted by molar-refractivity contribution is -0.109. The van der Waals surface area contributed by atoms with Gasteiger partial charge in [0.25, 0.3) is 0 Å². The Morgan fingerprint density at radius 2 is 2.30 bits per heavy atom. The van der Waals surface area contributed by atoms with Gasteiger partial charge in [0.2, 0.25) is 0 Å². The first kappa shape index (κ1) is 7.89. The molecular weight excluding hydrogens is 150 g/mol. The van der Waals surface area contributed by atoms with Crippen molar-refractivity contribution < 1.29 is 4.84 Å². The molecule has 0 fully saturated rings. The number of halogens is 1. The molecule has 0 radical (unpaired) electrons. The predicted molar refractivity (Wildman–Crippen MR) is 41.5 cm³/mol. The van der Waals surface area contributed by atoms with Crippen molar-refractivity contribution in [3.05, 3.63) is 10.8 Å². The van der Waals surface area contributed by atoms with Gasteiger partial charge < -0.3 is 4.84 Å². The molecule has 0 bridgehead atoms.